The van der Waals surface area contributed by atoms with Gasteiger partial charge in [-0.05, 0) is 6.92 Å². The molecule has 4 nitrogen and oxygen atoms in total. The number of rotatable bonds is 2. The summed E-state index contributed by atoms with van der Waals surface area (Å²) in [6.07, 6.45) is -2.82. The summed E-state index contributed by atoms with van der Waals surface area (Å²) in [7, 11) is 0. The Morgan fingerprint density at radius 1 is 1.31 bits per heavy atom. The lowest BCUT2D eigenvalue weighted by Gasteiger charge is -2.41. The minimum Gasteiger partial charge on any atom is -0.389 e. The van der Waals surface area contributed by atoms with Gasteiger partial charge in [0.25, 0.3) is 0 Å². The van der Waals surface area contributed by atoms with Gasteiger partial charge in [0.1, 0.15) is 6.10 Å². The lowest BCUT2D eigenvalue weighted by atomic mass is 9.95. The third-order valence-electron chi connectivity index (χ3n) is 2.61. The van der Waals surface area contributed by atoms with Crippen LogP contribution in [0, 0.1) is 0 Å². The molecule has 1 rings (SSSR count). The molecule has 5 heteroatoms. The topological polar surface area (TPSA) is 63.9 Å². The van der Waals surface area contributed by atoms with Crippen molar-refractivity contribution in [2.24, 2.45) is 0 Å². The van der Waals surface area contributed by atoms with Gasteiger partial charge in [-0.25, -0.2) is 0 Å². The van der Waals surface area contributed by atoms with Gasteiger partial charge in [-0.15, -0.1) is 11.6 Å². The van der Waals surface area contributed by atoms with Crippen LogP contribution >= 0.6 is 11.6 Å². The molecule has 0 aromatic rings. The van der Waals surface area contributed by atoms with Crippen LogP contribution in [0.25, 0.3) is 0 Å². The van der Waals surface area contributed by atoms with Crippen molar-refractivity contribution >= 4 is 11.6 Å². The van der Waals surface area contributed by atoms with Crippen LogP contribution in [0.5, 0.6) is 0 Å². The van der Waals surface area contributed by atoms with E-state index < -0.39 is 18.3 Å². The Kier molecular flexibility index (Phi) is 3.94. The SMILES string of the molecule is C[C@@H]1[C@@H](O)[C@H](O)[C@@H](O)CN1CCCl. The number of aliphatic hydroxyl groups is 3. The van der Waals surface area contributed by atoms with Crippen LogP contribution in [0.4, 0.5) is 0 Å². The van der Waals surface area contributed by atoms with Gasteiger partial charge in [0.05, 0.1) is 12.2 Å². The zero-order chi connectivity index (χ0) is 10.0. The van der Waals surface area contributed by atoms with Gasteiger partial charge in [0, 0.05) is 25.0 Å². The van der Waals surface area contributed by atoms with Gasteiger partial charge >= 0.3 is 0 Å². The molecule has 0 aliphatic carbocycles. The van der Waals surface area contributed by atoms with E-state index in [0.717, 1.165) is 0 Å². The van der Waals surface area contributed by atoms with E-state index in [2.05, 4.69) is 0 Å². The van der Waals surface area contributed by atoms with E-state index >= 15 is 0 Å². The minimum atomic E-state index is -1.04. The summed E-state index contributed by atoms with van der Waals surface area (Å²) in [5, 5.41) is 28.2. The Morgan fingerprint density at radius 2 is 1.92 bits per heavy atom. The fourth-order valence-corrected chi connectivity index (χ4v) is 1.86. The zero-order valence-corrected chi connectivity index (χ0v) is 8.35. The fourth-order valence-electron chi connectivity index (χ4n) is 1.65. The molecular weight excluding hydrogens is 194 g/mol. The molecule has 1 fully saturated rings. The number of aliphatic hydroxyl groups excluding tert-OH is 3. The Hall–Kier alpha value is 0.130. The average Bonchev–Trinajstić information content (AvgIpc) is 2.11. The Bertz CT molecular complexity index is 169. The van der Waals surface area contributed by atoms with Crippen molar-refractivity contribution in [2.45, 2.75) is 31.3 Å². The van der Waals surface area contributed by atoms with E-state index in [1.807, 2.05) is 11.8 Å². The Morgan fingerprint density at radius 3 is 2.46 bits per heavy atom. The maximum Gasteiger partial charge on any atom is 0.108 e. The minimum absolute atomic E-state index is 0.155. The number of alkyl halides is 1. The monoisotopic (exact) mass is 209 g/mol. The molecule has 78 valence electrons. The second-order valence-electron chi connectivity index (χ2n) is 3.47. The summed E-state index contributed by atoms with van der Waals surface area (Å²) in [6.45, 7) is 2.79. The molecule has 0 spiro atoms. The molecule has 0 aromatic carbocycles. The highest BCUT2D eigenvalue weighted by Crippen LogP contribution is 2.18. The Balaban J connectivity index is 2.59. The molecule has 0 saturated carbocycles. The van der Waals surface area contributed by atoms with Crippen molar-refractivity contribution in [3.8, 4) is 0 Å². The summed E-state index contributed by atoms with van der Waals surface area (Å²) in [5.41, 5.74) is 0. The number of nitrogens with zero attached hydrogens (tertiary/aromatic N) is 1. The molecular formula is C8H16ClNO3. The van der Waals surface area contributed by atoms with Crippen molar-refractivity contribution in [3.05, 3.63) is 0 Å². The molecule has 0 radical (unpaired) electrons. The second kappa shape index (κ2) is 4.57. The molecule has 0 amide bonds. The molecule has 0 bridgehead atoms. The summed E-state index contributed by atoms with van der Waals surface area (Å²) >= 11 is 5.56. The molecule has 1 aliphatic rings. The number of β-amino-alcohol motifs (C(OH)–C–C–N with tert-alkyl or cyclic N) is 1. The maximum atomic E-state index is 9.52. The van der Waals surface area contributed by atoms with Gasteiger partial charge in [-0.3, -0.25) is 4.90 Å². The van der Waals surface area contributed by atoms with Crippen molar-refractivity contribution in [1.82, 2.24) is 4.90 Å². The fraction of sp³-hybridized carbons (Fsp3) is 1.00. The summed E-state index contributed by atoms with van der Waals surface area (Å²) < 4.78 is 0. The van der Waals surface area contributed by atoms with Crippen molar-refractivity contribution < 1.29 is 15.3 Å². The number of halogens is 1. The first-order chi connectivity index (χ1) is 6.07. The largest absolute Gasteiger partial charge is 0.389 e. The van der Waals surface area contributed by atoms with Gasteiger partial charge in [0.15, 0.2) is 0 Å². The van der Waals surface area contributed by atoms with Crippen molar-refractivity contribution in [2.75, 3.05) is 19.0 Å². The van der Waals surface area contributed by atoms with Gasteiger partial charge in [-0.2, -0.15) is 0 Å². The zero-order valence-electron chi connectivity index (χ0n) is 7.60. The van der Waals surface area contributed by atoms with E-state index in [-0.39, 0.29) is 6.04 Å². The van der Waals surface area contributed by atoms with Crippen LogP contribution in [0.2, 0.25) is 0 Å². The highest BCUT2D eigenvalue weighted by Gasteiger charge is 2.38. The number of likely N-dealkylation sites (tertiary alicyclic amines) is 1. The highest BCUT2D eigenvalue weighted by molar-refractivity contribution is 6.18. The quantitative estimate of drug-likeness (QED) is 0.512. The average molecular weight is 210 g/mol. The number of piperidine rings is 1. The lowest BCUT2D eigenvalue weighted by Crippen LogP contribution is -2.60. The van der Waals surface area contributed by atoms with Crippen molar-refractivity contribution in [1.29, 1.82) is 0 Å². The molecule has 13 heavy (non-hydrogen) atoms. The lowest BCUT2D eigenvalue weighted by molar-refractivity contribution is -0.131. The third-order valence-corrected chi connectivity index (χ3v) is 2.78. The number of hydrogen-bond acceptors (Lipinski definition) is 4. The number of hydrogen-bond donors (Lipinski definition) is 3. The molecule has 4 atom stereocenters. The van der Waals surface area contributed by atoms with Gasteiger partial charge in [0.2, 0.25) is 0 Å². The van der Waals surface area contributed by atoms with Crippen LogP contribution in [-0.2, 0) is 0 Å². The maximum absolute atomic E-state index is 9.52. The predicted octanol–water partition coefficient (Wildman–Crippen LogP) is -0.988. The first-order valence-electron chi connectivity index (χ1n) is 4.42. The molecule has 1 heterocycles. The van der Waals surface area contributed by atoms with Crippen LogP contribution in [0.3, 0.4) is 0 Å². The van der Waals surface area contributed by atoms with Gasteiger partial charge in [-0.1, -0.05) is 0 Å². The van der Waals surface area contributed by atoms with E-state index in [4.69, 9.17) is 11.6 Å². The first-order valence-corrected chi connectivity index (χ1v) is 4.95. The van der Waals surface area contributed by atoms with E-state index in [9.17, 15) is 15.3 Å². The van der Waals surface area contributed by atoms with Crippen LogP contribution in [-0.4, -0.2) is 63.5 Å². The second-order valence-corrected chi connectivity index (χ2v) is 3.85. The molecule has 1 saturated heterocycles. The highest BCUT2D eigenvalue weighted by atomic mass is 35.5. The molecule has 1 aliphatic heterocycles. The smallest absolute Gasteiger partial charge is 0.108 e. The standard InChI is InChI=1S/C8H16ClNO3/c1-5-7(12)8(13)6(11)4-10(5)3-2-9/h5-8,11-13H,2-4H2,1H3/t5-,6+,7-,8-/m1/s1. The van der Waals surface area contributed by atoms with Gasteiger partial charge < -0.3 is 15.3 Å². The summed E-state index contributed by atoms with van der Waals surface area (Å²) in [4.78, 5) is 1.87. The predicted molar refractivity (Wildman–Crippen MR) is 49.8 cm³/mol. The van der Waals surface area contributed by atoms with E-state index in [1.54, 1.807) is 0 Å². The van der Waals surface area contributed by atoms with Crippen LogP contribution in [0.15, 0.2) is 0 Å². The van der Waals surface area contributed by atoms with Crippen molar-refractivity contribution in [3.63, 3.8) is 0 Å². The molecule has 0 unspecified atom stereocenters. The molecule has 0 aromatic heterocycles. The molecule has 3 N–H and O–H groups in total. The summed E-state index contributed by atoms with van der Waals surface area (Å²) in [5.74, 6) is 0.458. The third kappa shape index (κ3) is 2.33. The Labute approximate surface area is 82.7 Å². The van der Waals surface area contributed by atoms with Crippen LogP contribution < -0.4 is 0 Å². The summed E-state index contributed by atoms with van der Waals surface area (Å²) in [6, 6.07) is -0.155. The first kappa shape index (κ1) is 11.2. The van der Waals surface area contributed by atoms with Crippen LogP contribution in [0.1, 0.15) is 6.92 Å². The normalized spacial score (nSPS) is 42.2. The van der Waals surface area contributed by atoms with E-state index in [0.29, 0.717) is 19.0 Å². The van der Waals surface area contributed by atoms with E-state index in [1.165, 1.54) is 0 Å².